The maximum Gasteiger partial charge on any atom is 0.230 e. The first-order valence-electron chi connectivity index (χ1n) is 6.67. The summed E-state index contributed by atoms with van der Waals surface area (Å²) >= 11 is 1.66. The van der Waals surface area contributed by atoms with Gasteiger partial charge in [0, 0.05) is 24.0 Å². The molecule has 1 amide bonds. The van der Waals surface area contributed by atoms with Gasteiger partial charge in [0.15, 0.2) is 0 Å². The largest absolute Gasteiger partial charge is 0.342 e. The minimum absolute atomic E-state index is 0. The van der Waals surface area contributed by atoms with Gasteiger partial charge in [-0.2, -0.15) is 0 Å². The number of piperidine rings is 1. The van der Waals surface area contributed by atoms with E-state index >= 15 is 0 Å². The molecule has 108 valence electrons. The van der Waals surface area contributed by atoms with Gasteiger partial charge in [-0.25, -0.2) is 0 Å². The maximum absolute atomic E-state index is 12.4. The van der Waals surface area contributed by atoms with Gasteiger partial charge in [0.1, 0.15) is 0 Å². The molecule has 2 rings (SSSR count). The second kappa shape index (κ2) is 7.27. The van der Waals surface area contributed by atoms with Crippen LogP contribution in [0.3, 0.4) is 0 Å². The molecule has 1 fully saturated rings. The van der Waals surface area contributed by atoms with Crippen LogP contribution in [-0.4, -0.2) is 29.9 Å². The Morgan fingerprint density at radius 2 is 2.05 bits per heavy atom. The molecule has 1 aliphatic rings. The van der Waals surface area contributed by atoms with E-state index in [4.69, 9.17) is 5.73 Å². The second-order valence-corrected chi connectivity index (χ2v) is 6.24. The van der Waals surface area contributed by atoms with Crippen molar-refractivity contribution in [2.75, 3.05) is 13.1 Å². The molecule has 1 aromatic rings. The highest BCUT2D eigenvalue weighted by atomic mass is 35.5. The smallest absolute Gasteiger partial charge is 0.230 e. The minimum Gasteiger partial charge on any atom is -0.342 e. The normalized spacial score (nSPS) is 19.6. The quantitative estimate of drug-likeness (QED) is 0.933. The molecule has 2 unspecified atom stereocenters. The summed E-state index contributed by atoms with van der Waals surface area (Å²) in [5.41, 5.74) is 5.92. The minimum atomic E-state index is -0.00292. The summed E-state index contributed by atoms with van der Waals surface area (Å²) in [6.45, 7) is 5.80. The molecule has 1 saturated heterocycles. The molecule has 0 bridgehead atoms. The molecule has 3 nitrogen and oxygen atoms in total. The third kappa shape index (κ3) is 3.94. The molecule has 0 spiro atoms. The number of likely N-dealkylation sites (tertiary alicyclic amines) is 1. The third-order valence-corrected chi connectivity index (χ3v) is 4.99. The Morgan fingerprint density at radius 3 is 2.53 bits per heavy atom. The van der Waals surface area contributed by atoms with Crippen LogP contribution in [-0.2, 0) is 4.79 Å². The fourth-order valence-electron chi connectivity index (χ4n) is 2.58. The molecular weight excluding hydrogens is 280 g/mol. The van der Waals surface area contributed by atoms with E-state index in [0.717, 1.165) is 30.8 Å². The van der Waals surface area contributed by atoms with E-state index in [-0.39, 0.29) is 30.3 Å². The number of carbonyl (C=O) groups is 1. The maximum atomic E-state index is 12.4. The van der Waals surface area contributed by atoms with Gasteiger partial charge in [-0.3, -0.25) is 4.79 Å². The molecule has 0 aromatic carbocycles. The van der Waals surface area contributed by atoms with Crippen LogP contribution in [0.1, 0.15) is 37.5 Å². The zero-order chi connectivity index (χ0) is 13.1. The summed E-state index contributed by atoms with van der Waals surface area (Å²) in [6.07, 6.45) is 2.08. The Morgan fingerprint density at radius 1 is 1.42 bits per heavy atom. The lowest BCUT2D eigenvalue weighted by atomic mass is 9.90. The second-order valence-electron chi connectivity index (χ2n) is 5.26. The fraction of sp³-hybridized carbons (Fsp3) is 0.643. The van der Waals surface area contributed by atoms with Gasteiger partial charge in [-0.15, -0.1) is 23.7 Å². The number of hydrogen-bond acceptors (Lipinski definition) is 3. The summed E-state index contributed by atoms with van der Waals surface area (Å²) in [4.78, 5) is 15.5. The van der Waals surface area contributed by atoms with Crippen LogP contribution in [0.5, 0.6) is 0 Å². The van der Waals surface area contributed by atoms with Crippen molar-refractivity contribution < 1.29 is 4.79 Å². The molecule has 0 saturated carbocycles. The Labute approximate surface area is 125 Å². The standard InChI is InChI=1S/C14H22N2OS.ClH/c1-10(13-4-3-9-18-13)14(17)16-7-5-12(6-8-16)11(2)15;/h3-4,9-12H,5-8,15H2,1-2H3;1H. The van der Waals surface area contributed by atoms with Gasteiger partial charge in [-0.1, -0.05) is 6.07 Å². The van der Waals surface area contributed by atoms with Crippen LogP contribution in [0.4, 0.5) is 0 Å². The van der Waals surface area contributed by atoms with Crippen molar-refractivity contribution in [3.63, 3.8) is 0 Å². The van der Waals surface area contributed by atoms with Crippen LogP contribution in [0.15, 0.2) is 17.5 Å². The number of rotatable bonds is 3. The SMILES string of the molecule is CC(C(=O)N1CCC(C(C)N)CC1)c1cccs1.Cl. The summed E-state index contributed by atoms with van der Waals surface area (Å²) in [6, 6.07) is 4.30. The molecule has 5 heteroatoms. The van der Waals surface area contributed by atoms with E-state index in [1.807, 2.05) is 29.3 Å². The van der Waals surface area contributed by atoms with E-state index in [1.165, 1.54) is 0 Å². The number of nitrogens with zero attached hydrogens (tertiary/aromatic N) is 1. The summed E-state index contributed by atoms with van der Waals surface area (Å²) < 4.78 is 0. The van der Waals surface area contributed by atoms with Gasteiger partial charge in [0.05, 0.1) is 5.92 Å². The zero-order valence-electron chi connectivity index (χ0n) is 11.5. The Balaban J connectivity index is 0.00000180. The molecular formula is C14H23ClN2OS. The lowest BCUT2D eigenvalue weighted by Crippen LogP contribution is -2.43. The van der Waals surface area contributed by atoms with Crippen molar-refractivity contribution >= 4 is 29.7 Å². The van der Waals surface area contributed by atoms with Crippen LogP contribution < -0.4 is 5.73 Å². The van der Waals surface area contributed by atoms with E-state index in [2.05, 4.69) is 6.92 Å². The first kappa shape index (κ1) is 16.5. The van der Waals surface area contributed by atoms with Crippen LogP contribution >= 0.6 is 23.7 Å². The van der Waals surface area contributed by atoms with Crippen LogP contribution in [0.25, 0.3) is 0 Å². The van der Waals surface area contributed by atoms with Gasteiger partial charge >= 0.3 is 0 Å². The lowest BCUT2D eigenvalue weighted by Gasteiger charge is -2.35. The molecule has 0 radical (unpaired) electrons. The molecule has 1 aromatic heterocycles. The summed E-state index contributed by atoms with van der Waals surface area (Å²) in [7, 11) is 0. The molecule has 2 atom stereocenters. The number of carbonyl (C=O) groups excluding carboxylic acids is 1. The van der Waals surface area contributed by atoms with Gasteiger partial charge in [0.25, 0.3) is 0 Å². The highest BCUT2D eigenvalue weighted by molar-refractivity contribution is 7.10. The average Bonchev–Trinajstić information content (AvgIpc) is 2.91. The van der Waals surface area contributed by atoms with E-state index < -0.39 is 0 Å². The van der Waals surface area contributed by atoms with E-state index in [0.29, 0.717) is 5.92 Å². The topological polar surface area (TPSA) is 46.3 Å². The monoisotopic (exact) mass is 302 g/mol. The number of amides is 1. The van der Waals surface area contributed by atoms with Crippen LogP contribution in [0, 0.1) is 5.92 Å². The number of halogens is 1. The van der Waals surface area contributed by atoms with Crippen molar-refractivity contribution in [1.82, 2.24) is 4.90 Å². The predicted molar refractivity (Wildman–Crippen MR) is 82.9 cm³/mol. The van der Waals surface area contributed by atoms with Crippen molar-refractivity contribution in [3.05, 3.63) is 22.4 Å². The lowest BCUT2D eigenvalue weighted by molar-refractivity contribution is -0.133. The van der Waals surface area contributed by atoms with Crippen molar-refractivity contribution in [2.24, 2.45) is 11.7 Å². The molecule has 2 heterocycles. The molecule has 1 aliphatic heterocycles. The Hall–Kier alpha value is -0.580. The highest BCUT2D eigenvalue weighted by Crippen LogP contribution is 2.26. The van der Waals surface area contributed by atoms with Gasteiger partial charge in [-0.05, 0) is 44.1 Å². The van der Waals surface area contributed by atoms with E-state index in [1.54, 1.807) is 11.3 Å². The van der Waals surface area contributed by atoms with Gasteiger partial charge in [0.2, 0.25) is 5.91 Å². The summed E-state index contributed by atoms with van der Waals surface area (Å²) in [5, 5.41) is 2.03. The van der Waals surface area contributed by atoms with Crippen molar-refractivity contribution in [2.45, 2.75) is 38.6 Å². The first-order chi connectivity index (χ1) is 8.59. The molecule has 2 N–H and O–H groups in total. The third-order valence-electron chi connectivity index (χ3n) is 3.94. The van der Waals surface area contributed by atoms with Gasteiger partial charge < -0.3 is 10.6 Å². The number of hydrogen-bond donors (Lipinski definition) is 1. The van der Waals surface area contributed by atoms with Crippen molar-refractivity contribution in [1.29, 1.82) is 0 Å². The average molecular weight is 303 g/mol. The first-order valence-corrected chi connectivity index (χ1v) is 7.55. The highest BCUT2D eigenvalue weighted by Gasteiger charge is 2.28. The number of nitrogens with two attached hydrogens (primary N) is 1. The Bertz CT molecular complexity index is 386. The van der Waals surface area contributed by atoms with Crippen LogP contribution in [0.2, 0.25) is 0 Å². The zero-order valence-corrected chi connectivity index (χ0v) is 13.2. The Kier molecular flexibility index (Phi) is 6.30. The summed E-state index contributed by atoms with van der Waals surface area (Å²) in [5.74, 6) is 0.837. The molecule has 19 heavy (non-hydrogen) atoms. The molecule has 0 aliphatic carbocycles. The fourth-order valence-corrected chi connectivity index (χ4v) is 3.36. The van der Waals surface area contributed by atoms with Crippen molar-refractivity contribution in [3.8, 4) is 0 Å². The predicted octanol–water partition coefficient (Wildman–Crippen LogP) is 2.86. The number of thiophene rings is 1. The van der Waals surface area contributed by atoms with E-state index in [9.17, 15) is 4.79 Å².